The lowest BCUT2D eigenvalue weighted by atomic mass is 9.82. The summed E-state index contributed by atoms with van der Waals surface area (Å²) in [7, 11) is 0. The van der Waals surface area contributed by atoms with Gasteiger partial charge in [-0.2, -0.15) is 0 Å². The molecule has 1 nitrogen and oxygen atoms in total. The normalized spacial score (nSPS) is 12.9. The van der Waals surface area contributed by atoms with E-state index in [0.29, 0.717) is 23.1 Å². The Balaban J connectivity index is 1.53. The Bertz CT molecular complexity index is 1100. The lowest BCUT2D eigenvalue weighted by Gasteiger charge is -2.22. The molecule has 33 heavy (non-hydrogen) atoms. The quantitative estimate of drug-likeness (QED) is 0.243. The van der Waals surface area contributed by atoms with Crippen molar-refractivity contribution in [3.63, 3.8) is 0 Å². The van der Waals surface area contributed by atoms with E-state index in [1.807, 2.05) is 6.07 Å². The first kappa shape index (κ1) is 23.3. The molecule has 0 spiro atoms. The zero-order valence-electron chi connectivity index (χ0n) is 18.8. The largest absolute Gasteiger partial charge is 0.573 e. The summed E-state index contributed by atoms with van der Waals surface area (Å²) >= 11 is 0. The molecule has 0 saturated carbocycles. The molecule has 0 bridgehead atoms. The highest BCUT2D eigenvalue weighted by Crippen LogP contribution is 2.39. The van der Waals surface area contributed by atoms with Gasteiger partial charge in [-0.25, -0.2) is 4.39 Å². The first-order chi connectivity index (χ1) is 15.9. The molecular weight excluding hydrogens is 428 g/mol. The number of hydrogen-bond acceptors (Lipinski definition) is 1. The van der Waals surface area contributed by atoms with Crippen molar-refractivity contribution >= 4 is 0 Å². The molecule has 5 heteroatoms. The van der Waals surface area contributed by atoms with Gasteiger partial charge < -0.3 is 4.74 Å². The third-order valence-electron chi connectivity index (χ3n) is 6.32. The number of rotatable bonds is 8. The number of benzene rings is 3. The molecule has 1 aliphatic carbocycles. The monoisotopic (exact) mass is 456 g/mol. The van der Waals surface area contributed by atoms with E-state index in [4.69, 9.17) is 0 Å². The molecule has 1 aliphatic rings. The zero-order chi connectivity index (χ0) is 23.4. The van der Waals surface area contributed by atoms with Crippen molar-refractivity contribution in [2.45, 2.75) is 64.7 Å². The maximum Gasteiger partial charge on any atom is 0.573 e. The molecule has 0 N–H and O–H groups in total. The van der Waals surface area contributed by atoms with Crippen LogP contribution in [0.2, 0.25) is 0 Å². The van der Waals surface area contributed by atoms with E-state index in [-0.39, 0.29) is 11.6 Å². The summed E-state index contributed by atoms with van der Waals surface area (Å²) in [6.07, 6.45) is 3.99. The van der Waals surface area contributed by atoms with Crippen molar-refractivity contribution in [3.8, 4) is 28.0 Å². The number of alkyl halides is 3. The van der Waals surface area contributed by atoms with Gasteiger partial charge in [0.2, 0.25) is 0 Å². The molecule has 0 unspecified atom stereocenters. The molecule has 0 amide bonds. The van der Waals surface area contributed by atoms with E-state index >= 15 is 4.39 Å². The van der Waals surface area contributed by atoms with Gasteiger partial charge in [-0.05, 0) is 71.2 Å². The second-order valence-electron chi connectivity index (χ2n) is 8.68. The first-order valence-corrected chi connectivity index (χ1v) is 11.7. The molecule has 3 aromatic carbocycles. The van der Waals surface area contributed by atoms with Crippen molar-refractivity contribution in [1.29, 1.82) is 0 Å². The van der Waals surface area contributed by atoms with Gasteiger partial charge >= 0.3 is 6.36 Å². The molecule has 0 aromatic heterocycles. The van der Waals surface area contributed by atoms with Gasteiger partial charge in [0.15, 0.2) is 0 Å². The summed E-state index contributed by atoms with van der Waals surface area (Å²) in [4.78, 5) is 0. The Morgan fingerprint density at radius 1 is 0.788 bits per heavy atom. The Labute approximate surface area is 192 Å². The summed E-state index contributed by atoms with van der Waals surface area (Å²) in [5.74, 6) is -0.623. The van der Waals surface area contributed by atoms with Crippen LogP contribution < -0.4 is 4.74 Å². The topological polar surface area (TPSA) is 9.23 Å². The lowest BCUT2D eigenvalue weighted by molar-refractivity contribution is -0.274. The maximum absolute atomic E-state index is 15.4. The summed E-state index contributed by atoms with van der Waals surface area (Å²) in [5.41, 5.74) is 6.16. The number of halogens is 4. The summed E-state index contributed by atoms with van der Waals surface area (Å²) in [6.45, 7) is 2.22. The lowest BCUT2D eigenvalue weighted by Crippen LogP contribution is -2.16. The fourth-order valence-corrected chi connectivity index (χ4v) is 4.64. The standard InChI is InChI=1S/C28H28F4O/c1-2-3-4-5-6-7-19-8-14-23-21(18-19)11-15-26-25(23)17-16-24(27(26)29)20-9-12-22(13-10-20)33-28(30,31)32/h8-10,12-14,16-18H,2-7,11,15H2,1H3. The van der Waals surface area contributed by atoms with Gasteiger partial charge in [-0.3, -0.25) is 0 Å². The molecule has 174 valence electrons. The van der Waals surface area contributed by atoms with Crippen LogP contribution >= 0.6 is 0 Å². The average Bonchev–Trinajstić information content (AvgIpc) is 2.78. The van der Waals surface area contributed by atoms with Crippen molar-refractivity contribution < 1.29 is 22.3 Å². The molecule has 0 heterocycles. The van der Waals surface area contributed by atoms with E-state index in [1.165, 1.54) is 67.5 Å². The minimum atomic E-state index is -4.75. The minimum Gasteiger partial charge on any atom is -0.406 e. The average molecular weight is 457 g/mol. The van der Waals surface area contributed by atoms with E-state index in [9.17, 15) is 13.2 Å². The van der Waals surface area contributed by atoms with Crippen LogP contribution in [0.1, 0.15) is 55.7 Å². The van der Waals surface area contributed by atoms with Crippen LogP contribution in [0.5, 0.6) is 5.75 Å². The fraction of sp³-hybridized carbons (Fsp3) is 0.357. The van der Waals surface area contributed by atoms with E-state index in [2.05, 4.69) is 29.9 Å². The fourth-order valence-electron chi connectivity index (χ4n) is 4.64. The van der Waals surface area contributed by atoms with Crippen LogP contribution in [-0.4, -0.2) is 6.36 Å². The first-order valence-electron chi connectivity index (χ1n) is 11.7. The number of fused-ring (bicyclic) bond motifs is 3. The number of hydrogen-bond donors (Lipinski definition) is 0. The highest BCUT2D eigenvalue weighted by atomic mass is 19.4. The Morgan fingerprint density at radius 2 is 1.48 bits per heavy atom. The Hall–Kier alpha value is -2.82. The van der Waals surface area contributed by atoms with Gasteiger partial charge in [0.1, 0.15) is 11.6 Å². The van der Waals surface area contributed by atoms with Crippen molar-refractivity contribution in [3.05, 3.63) is 77.1 Å². The predicted octanol–water partition coefficient (Wildman–Crippen LogP) is 8.67. The predicted molar refractivity (Wildman–Crippen MR) is 124 cm³/mol. The summed E-state index contributed by atoms with van der Waals surface area (Å²) in [6, 6.07) is 15.5. The second-order valence-corrected chi connectivity index (χ2v) is 8.68. The SMILES string of the molecule is CCCCCCCc1ccc2c(c1)CCc1c-2ccc(-c2ccc(OC(F)(F)F)cc2)c1F. The van der Waals surface area contributed by atoms with Crippen LogP contribution in [0.4, 0.5) is 17.6 Å². The molecule has 0 atom stereocenters. The van der Waals surface area contributed by atoms with Gasteiger partial charge in [0.25, 0.3) is 0 Å². The number of unbranched alkanes of at least 4 members (excludes halogenated alkanes) is 4. The zero-order valence-corrected chi connectivity index (χ0v) is 18.8. The highest BCUT2D eigenvalue weighted by Gasteiger charge is 2.31. The third-order valence-corrected chi connectivity index (χ3v) is 6.32. The second kappa shape index (κ2) is 9.98. The van der Waals surface area contributed by atoms with Gasteiger partial charge in [-0.15, -0.1) is 13.2 Å². The number of ether oxygens (including phenoxy) is 1. The molecule has 4 rings (SSSR count). The van der Waals surface area contributed by atoms with Crippen molar-refractivity contribution in [1.82, 2.24) is 0 Å². The van der Waals surface area contributed by atoms with Crippen LogP contribution in [-0.2, 0) is 19.3 Å². The van der Waals surface area contributed by atoms with E-state index < -0.39 is 6.36 Å². The summed E-state index contributed by atoms with van der Waals surface area (Å²) in [5, 5.41) is 0. The van der Waals surface area contributed by atoms with E-state index in [0.717, 1.165) is 24.0 Å². The minimum absolute atomic E-state index is 0.303. The van der Waals surface area contributed by atoms with Crippen LogP contribution in [0.25, 0.3) is 22.3 Å². The molecular formula is C28H28F4O. The third kappa shape index (κ3) is 5.58. The molecule has 0 saturated heterocycles. The highest BCUT2D eigenvalue weighted by molar-refractivity contribution is 5.78. The van der Waals surface area contributed by atoms with Crippen molar-refractivity contribution in [2.75, 3.05) is 0 Å². The van der Waals surface area contributed by atoms with Gasteiger partial charge in [0.05, 0.1) is 0 Å². The molecule has 0 fully saturated rings. The molecule has 3 aromatic rings. The van der Waals surface area contributed by atoms with Crippen molar-refractivity contribution in [2.24, 2.45) is 0 Å². The molecule has 0 aliphatic heterocycles. The van der Waals surface area contributed by atoms with Gasteiger partial charge in [0, 0.05) is 5.56 Å². The Kier molecular flexibility index (Phi) is 7.06. The van der Waals surface area contributed by atoms with Gasteiger partial charge in [-0.1, -0.05) is 75.1 Å². The van der Waals surface area contributed by atoms with Crippen LogP contribution in [0, 0.1) is 5.82 Å². The van der Waals surface area contributed by atoms with Crippen LogP contribution in [0.3, 0.4) is 0 Å². The smallest absolute Gasteiger partial charge is 0.406 e. The Morgan fingerprint density at radius 3 is 2.21 bits per heavy atom. The van der Waals surface area contributed by atoms with E-state index in [1.54, 1.807) is 6.07 Å². The van der Waals surface area contributed by atoms with Crippen LogP contribution in [0.15, 0.2) is 54.6 Å². The maximum atomic E-state index is 15.4. The number of aryl methyl sites for hydroxylation is 2. The molecule has 0 radical (unpaired) electrons. The summed E-state index contributed by atoms with van der Waals surface area (Å²) < 4.78 is 56.5.